The van der Waals surface area contributed by atoms with Crippen molar-refractivity contribution >= 4 is 11.8 Å². The molecule has 1 saturated heterocycles. The van der Waals surface area contributed by atoms with Gasteiger partial charge in [0.2, 0.25) is 0 Å². The van der Waals surface area contributed by atoms with Gasteiger partial charge in [0.25, 0.3) is 11.8 Å². The van der Waals surface area contributed by atoms with E-state index in [1.807, 2.05) is 12.1 Å². The predicted molar refractivity (Wildman–Crippen MR) is 110 cm³/mol. The van der Waals surface area contributed by atoms with Crippen LogP contribution >= 0.6 is 0 Å². The van der Waals surface area contributed by atoms with Crippen molar-refractivity contribution in [3.63, 3.8) is 0 Å². The molecule has 0 unspecified atom stereocenters. The molecule has 7 nitrogen and oxygen atoms in total. The summed E-state index contributed by atoms with van der Waals surface area (Å²) in [7, 11) is 1.56. The molecule has 0 aromatic heterocycles. The van der Waals surface area contributed by atoms with E-state index in [-0.39, 0.29) is 24.2 Å². The van der Waals surface area contributed by atoms with E-state index in [0.29, 0.717) is 43.2 Å². The second-order valence-corrected chi connectivity index (χ2v) is 6.92. The molecule has 3 rings (SSSR count). The Hall–Kier alpha value is -3.13. The number of rotatable bonds is 8. The van der Waals surface area contributed by atoms with E-state index in [1.54, 1.807) is 24.1 Å². The first-order chi connectivity index (χ1) is 14.6. The van der Waals surface area contributed by atoms with E-state index in [4.69, 9.17) is 9.47 Å². The van der Waals surface area contributed by atoms with Gasteiger partial charge in [-0.2, -0.15) is 0 Å². The zero-order chi connectivity index (χ0) is 21.3. The van der Waals surface area contributed by atoms with Crippen molar-refractivity contribution in [1.82, 2.24) is 15.1 Å². The van der Waals surface area contributed by atoms with E-state index in [2.05, 4.69) is 10.2 Å². The number of benzene rings is 2. The topological polar surface area (TPSA) is 71.1 Å². The fourth-order valence-electron chi connectivity index (χ4n) is 3.22. The maximum absolute atomic E-state index is 12.9. The number of para-hydroxylation sites is 2. The molecule has 1 heterocycles. The van der Waals surface area contributed by atoms with Gasteiger partial charge in [-0.1, -0.05) is 12.1 Å². The molecule has 1 aliphatic heterocycles. The molecule has 0 atom stereocenters. The Morgan fingerprint density at radius 3 is 2.33 bits per heavy atom. The standard InChI is InChI=1S/C22H26FN3O4/c1-29-19-4-2-3-5-20(19)30-16-21(27)26-14-12-25(13-15-26)11-10-24-22(28)17-6-8-18(23)9-7-17/h2-9H,10-16H2,1H3,(H,24,28). The molecular weight excluding hydrogens is 389 g/mol. The third-order valence-corrected chi connectivity index (χ3v) is 4.97. The smallest absolute Gasteiger partial charge is 0.260 e. The molecule has 1 fully saturated rings. The molecule has 0 aliphatic carbocycles. The first kappa shape index (κ1) is 21.6. The molecule has 2 amide bonds. The first-order valence-corrected chi connectivity index (χ1v) is 9.86. The van der Waals surface area contributed by atoms with E-state index in [1.165, 1.54) is 24.3 Å². The zero-order valence-corrected chi connectivity index (χ0v) is 17.0. The van der Waals surface area contributed by atoms with E-state index >= 15 is 0 Å². The molecule has 0 saturated carbocycles. The van der Waals surface area contributed by atoms with Crippen molar-refractivity contribution in [2.75, 3.05) is 53.0 Å². The Labute approximate surface area is 175 Å². The number of carbonyl (C=O) groups is 2. The minimum absolute atomic E-state index is 0.0336. The van der Waals surface area contributed by atoms with Crippen LogP contribution in [0.5, 0.6) is 11.5 Å². The van der Waals surface area contributed by atoms with Gasteiger partial charge in [0.05, 0.1) is 7.11 Å². The summed E-state index contributed by atoms with van der Waals surface area (Å²) >= 11 is 0. The number of carbonyl (C=O) groups excluding carboxylic acids is 2. The van der Waals surface area contributed by atoms with Crippen LogP contribution in [0.2, 0.25) is 0 Å². The Morgan fingerprint density at radius 1 is 1.00 bits per heavy atom. The summed E-state index contributed by atoms with van der Waals surface area (Å²) in [4.78, 5) is 28.4. The molecule has 2 aromatic carbocycles. The van der Waals surface area contributed by atoms with Crippen LogP contribution in [0.4, 0.5) is 4.39 Å². The van der Waals surface area contributed by atoms with Gasteiger partial charge in [0, 0.05) is 44.8 Å². The van der Waals surface area contributed by atoms with Crippen LogP contribution in [-0.2, 0) is 4.79 Å². The molecule has 8 heteroatoms. The maximum Gasteiger partial charge on any atom is 0.260 e. The minimum atomic E-state index is -0.368. The summed E-state index contributed by atoms with van der Waals surface area (Å²) in [6, 6.07) is 12.7. The normalized spacial score (nSPS) is 14.3. The molecule has 0 bridgehead atoms. The zero-order valence-electron chi connectivity index (χ0n) is 17.0. The number of hydrogen-bond donors (Lipinski definition) is 1. The van der Waals surface area contributed by atoms with Crippen LogP contribution in [0.15, 0.2) is 48.5 Å². The Balaban J connectivity index is 1.35. The number of amides is 2. The van der Waals surface area contributed by atoms with Gasteiger partial charge in [-0.05, 0) is 36.4 Å². The minimum Gasteiger partial charge on any atom is -0.493 e. The summed E-state index contributed by atoms with van der Waals surface area (Å²) in [5.41, 5.74) is 0.432. The highest BCUT2D eigenvalue weighted by Crippen LogP contribution is 2.25. The SMILES string of the molecule is COc1ccccc1OCC(=O)N1CCN(CCNC(=O)c2ccc(F)cc2)CC1. The Morgan fingerprint density at radius 2 is 1.67 bits per heavy atom. The molecule has 30 heavy (non-hydrogen) atoms. The van der Waals surface area contributed by atoms with Gasteiger partial charge in [-0.15, -0.1) is 0 Å². The number of ether oxygens (including phenoxy) is 2. The second-order valence-electron chi connectivity index (χ2n) is 6.92. The monoisotopic (exact) mass is 415 g/mol. The van der Waals surface area contributed by atoms with Gasteiger partial charge in [0.1, 0.15) is 5.82 Å². The molecule has 0 radical (unpaired) electrons. The summed E-state index contributed by atoms with van der Waals surface area (Å²) in [5, 5.41) is 2.83. The van der Waals surface area contributed by atoms with E-state index < -0.39 is 0 Å². The quantitative estimate of drug-likeness (QED) is 0.712. The molecule has 160 valence electrons. The van der Waals surface area contributed by atoms with Crippen LogP contribution in [0, 0.1) is 5.82 Å². The van der Waals surface area contributed by atoms with Gasteiger partial charge in [-0.25, -0.2) is 4.39 Å². The van der Waals surface area contributed by atoms with Gasteiger partial charge in [-0.3, -0.25) is 14.5 Å². The Bertz CT molecular complexity index is 852. The molecule has 0 spiro atoms. The fraction of sp³-hybridized carbons (Fsp3) is 0.364. The second kappa shape index (κ2) is 10.6. The van der Waals surface area contributed by atoms with Crippen LogP contribution in [0.25, 0.3) is 0 Å². The highest BCUT2D eigenvalue weighted by Gasteiger charge is 2.21. The van der Waals surface area contributed by atoms with Crippen LogP contribution < -0.4 is 14.8 Å². The van der Waals surface area contributed by atoms with E-state index in [0.717, 1.165) is 13.1 Å². The average molecular weight is 415 g/mol. The summed E-state index contributed by atoms with van der Waals surface area (Å²) in [6.07, 6.45) is 0. The summed E-state index contributed by atoms with van der Waals surface area (Å²) in [5.74, 6) is 0.483. The predicted octanol–water partition coefficient (Wildman–Crippen LogP) is 1.79. The Kier molecular flexibility index (Phi) is 7.62. The van der Waals surface area contributed by atoms with Crippen molar-refractivity contribution in [2.24, 2.45) is 0 Å². The van der Waals surface area contributed by atoms with Crippen LogP contribution in [-0.4, -0.2) is 74.6 Å². The summed E-state index contributed by atoms with van der Waals surface area (Å²) < 4.78 is 23.8. The van der Waals surface area contributed by atoms with Crippen molar-refractivity contribution in [3.05, 3.63) is 59.9 Å². The largest absolute Gasteiger partial charge is 0.493 e. The number of halogens is 1. The third-order valence-electron chi connectivity index (χ3n) is 4.97. The van der Waals surface area contributed by atoms with Crippen molar-refractivity contribution in [3.8, 4) is 11.5 Å². The maximum atomic E-state index is 12.9. The number of hydrogen-bond acceptors (Lipinski definition) is 5. The molecule has 1 aliphatic rings. The van der Waals surface area contributed by atoms with Crippen molar-refractivity contribution in [1.29, 1.82) is 0 Å². The van der Waals surface area contributed by atoms with Gasteiger partial charge >= 0.3 is 0 Å². The van der Waals surface area contributed by atoms with E-state index in [9.17, 15) is 14.0 Å². The molecule has 1 N–H and O–H groups in total. The number of nitrogens with one attached hydrogen (secondary N) is 1. The average Bonchev–Trinajstić information content (AvgIpc) is 2.78. The fourth-order valence-corrected chi connectivity index (χ4v) is 3.22. The van der Waals surface area contributed by atoms with Crippen LogP contribution in [0.3, 0.4) is 0 Å². The van der Waals surface area contributed by atoms with Gasteiger partial charge in [0.15, 0.2) is 18.1 Å². The lowest BCUT2D eigenvalue weighted by atomic mass is 10.2. The third kappa shape index (κ3) is 5.93. The number of piperazine rings is 1. The number of methoxy groups -OCH3 is 1. The summed E-state index contributed by atoms with van der Waals surface area (Å²) in [6.45, 7) is 3.82. The first-order valence-electron chi connectivity index (χ1n) is 9.86. The lowest BCUT2D eigenvalue weighted by molar-refractivity contribution is -0.135. The molecular formula is C22H26FN3O4. The van der Waals surface area contributed by atoms with Crippen molar-refractivity contribution in [2.45, 2.75) is 0 Å². The highest BCUT2D eigenvalue weighted by atomic mass is 19.1. The van der Waals surface area contributed by atoms with Gasteiger partial charge < -0.3 is 19.7 Å². The molecule has 2 aromatic rings. The van der Waals surface area contributed by atoms with Crippen molar-refractivity contribution < 1.29 is 23.5 Å². The number of nitrogens with zero attached hydrogens (tertiary/aromatic N) is 2. The highest BCUT2D eigenvalue weighted by molar-refractivity contribution is 5.94. The lowest BCUT2D eigenvalue weighted by Crippen LogP contribution is -2.51. The lowest BCUT2D eigenvalue weighted by Gasteiger charge is -2.34. The van der Waals surface area contributed by atoms with Crippen LogP contribution in [0.1, 0.15) is 10.4 Å².